The molecular weight excluding hydrogens is 260 g/mol. The number of nitrogens with zero attached hydrogens (tertiary/aromatic N) is 2. The van der Waals surface area contributed by atoms with Crippen molar-refractivity contribution in [2.24, 2.45) is 0 Å². The molecule has 80 valence electrons. The van der Waals surface area contributed by atoms with Crippen molar-refractivity contribution < 1.29 is 9.53 Å². The molecule has 15 heavy (non-hydrogen) atoms. The van der Waals surface area contributed by atoms with Gasteiger partial charge in [-0.3, -0.25) is 4.90 Å². The van der Waals surface area contributed by atoms with Crippen LogP contribution in [0.2, 0.25) is 0 Å². The molecule has 1 aliphatic heterocycles. The Kier molecular flexibility index (Phi) is 3.20. The van der Waals surface area contributed by atoms with Crippen LogP contribution in [0, 0.1) is 0 Å². The van der Waals surface area contributed by atoms with E-state index in [0.717, 1.165) is 11.8 Å². The minimum Gasteiger partial charge on any atom is -0.444 e. The SMILES string of the molecule is O=C1OC(CCBr)CN1c1ccccn1. The number of hydrogen-bond acceptors (Lipinski definition) is 3. The number of halogens is 1. The second kappa shape index (κ2) is 4.61. The molecule has 2 heterocycles. The Morgan fingerprint density at radius 1 is 1.60 bits per heavy atom. The van der Waals surface area contributed by atoms with Gasteiger partial charge in [0.2, 0.25) is 0 Å². The van der Waals surface area contributed by atoms with Crippen molar-refractivity contribution in [1.82, 2.24) is 4.98 Å². The maximum atomic E-state index is 11.5. The zero-order chi connectivity index (χ0) is 10.7. The van der Waals surface area contributed by atoms with Crippen molar-refractivity contribution in [1.29, 1.82) is 0 Å². The smallest absolute Gasteiger partial charge is 0.415 e. The minimum atomic E-state index is -0.306. The second-order valence-electron chi connectivity index (χ2n) is 3.28. The third kappa shape index (κ3) is 2.28. The first-order valence-electron chi connectivity index (χ1n) is 4.76. The van der Waals surface area contributed by atoms with Gasteiger partial charge >= 0.3 is 6.09 Å². The van der Waals surface area contributed by atoms with Crippen molar-refractivity contribution in [3.8, 4) is 0 Å². The Bertz CT molecular complexity index is 345. The van der Waals surface area contributed by atoms with E-state index in [-0.39, 0.29) is 12.2 Å². The van der Waals surface area contributed by atoms with Gasteiger partial charge in [-0.15, -0.1) is 0 Å². The minimum absolute atomic E-state index is 0.0288. The van der Waals surface area contributed by atoms with Gasteiger partial charge in [0.1, 0.15) is 11.9 Å². The molecule has 4 nitrogen and oxygen atoms in total. The van der Waals surface area contributed by atoms with E-state index in [1.807, 2.05) is 12.1 Å². The van der Waals surface area contributed by atoms with Gasteiger partial charge < -0.3 is 4.74 Å². The van der Waals surface area contributed by atoms with Gasteiger partial charge in [0.15, 0.2) is 0 Å². The lowest BCUT2D eigenvalue weighted by atomic mass is 10.3. The Morgan fingerprint density at radius 3 is 3.13 bits per heavy atom. The van der Waals surface area contributed by atoms with E-state index in [1.54, 1.807) is 17.2 Å². The summed E-state index contributed by atoms with van der Waals surface area (Å²) in [4.78, 5) is 17.2. The van der Waals surface area contributed by atoms with Gasteiger partial charge in [0.25, 0.3) is 0 Å². The Hall–Kier alpha value is -1.10. The van der Waals surface area contributed by atoms with Crippen molar-refractivity contribution in [3.05, 3.63) is 24.4 Å². The topological polar surface area (TPSA) is 42.4 Å². The Morgan fingerprint density at radius 2 is 2.47 bits per heavy atom. The van der Waals surface area contributed by atoms with E-state index in [4.69, 9.17) is 4.74 Å². The molecule has 1 aromatic heterocycles. The van der Waals surface area contributed by atoms with E-state index >= 15 is 0 Å². The highest BCUT2D eigenvalue weighted by Crippen LogP contribution is 2.20. The number of cyclic esters (lactones) is 1. The number of carbonyl (C=O) groups excluding carboxylic acids is 1. The van der Waals surface area contributed by atoms with Crippen LogP contribution in [0.4, 0.5) is 10.6 Å². The summed E-state index contributed by atoms with van der Waals surface area (Å²) in [5, 5.41) is 0.834. The summed E-state index contributed by atoms with van der Waals surface area (Å²) < 4.78 is 5.19. The van der Waals surface area contributed by atoms with E-state index in [2.05, 4.69) is 20.9 Å². The predicted molar refractivity (Wildman–Crippen MR) is 60.3 cm³/mol. The number of aromatic nitrogens is 1. The molecular formula is C10H11BrN2O2. The highest BCUT2D eigenvalue weighted by atomic mass is 79.9. The summed E-state index contributed by atoms with van der Waals surface area (Å²) in [6.45, 7) is 0.585. The number of rotatable bonds is 3. The molecule has 0 aromatic carbocycles. The lowest BCUT2D eigenvalue weighted by Crippen LogP contribution is -2.25. The van der Waals surface area contributed by atoms with Gasteiger partial charge in [0, 0.05) is 11.5 Å². The molecule has 1 atom stereocenters. The molecule has 1 unspecified atom stereocenters. The third-order valence-corrected chi connectivity index (χ3v) is 2.69. The van der Waals surface area contributed by atoms with Crippen molar-refractivity contribution >= 4 is 27.8 Å². The molecule has 0 spiro atoms. The van der Waals surface area contributed by atoms with Crippen LogP contribution in [0.15, 0.2) is 24.4 Å². The molecule has 1 amide bonds. The number of carbonyl (C=O) groups is 1. The van der Waals surface area contributed by atoms with E-state index < -0.39 is 0 Å². The van der Waals surface area contributed by atoms with Crippen molar-refractivity contribution in [3.63, 3.8) is 0 Å². The maximum absolute atomic E-state index is 11.5. The van der Waals surface area contributed by atoms with Crippen LogP contribution in [0.25, 0.3) is 0 Å². The summed E-state index contributed by atoms with van der Waals surface area (Å²) in [5.41, 5.74) is 0. The largest absolute Gasteiger partial charge is 0.444 e. The highest BCUT2D eigenvalue weighted by Gasteiger charge is 2.32. The van der Waals surface area contributed by atoms with Crippen LogP contribution in [-0.4, -0.2) is 29.1 Å². The van der Waals surface area contributed by atoms with E-state index in [9.17, 15) is 4.79 Å². The first-order chi connectivity index (χ1) is 7.31. The van der Waals surface area contributed by atoms with Crippen LogP contribution in [0.1, 0.15) is 6.42 Å². The normalized spacial score (nSPS) is 20.5. The molecule has 1 saturated heterocycles. The Balaban J connectivity index is 2.09. The monoisotopic (exact) mass is 270 g/mol. The molecule has 1 fully saturated rings. The lowest BCUT2D eigenvalue weighted by Gasteiger charge is -2.10. The zero-order valence-corrected chi connectivity index (χ0v) is 9.68. The average Bonchev–Trinajstić information content (AvgIpc) is 2.61. The summed E-state index contributed by atoms with van der Waals surface area (Å²) in [6, 6.07) is 5.48. The number of alkyl halides is 1. The number of hydrogen-bond donors (Lipinski definition) is 0. The zero-order valence-electron chi connectivity index (χ0n) is 8.10. The van der Waals surface area contributed by atoms with Gasteiger partial charge in [-0.05, 0) is 18.6 Å². The van der Waals surface area contributed by atoms with Crippen LogP contribution in [-0.2, 0) is 4.74 Å². The Labute approximate surface area is 96.4 Å². The first-order valence-corrected chi connectivity index (χ1v) is 5.88. The molecule has 0 saturated carbocycles. The van der Waals surface area contributed by atoms with Gasteiger partial charge in [-0.2, -0.15) is 0 Å². The molecule has 0 bridgehead atoms. The maximum Gasteiger partial charge on any atom is 0.415 e. The average molecular weight is 271 g/mol. The molecule has 1 aromatic rings. The third-order valence-electron chi connectivity index (χ3n) is 2.23. The fraction of sp³-hybridized carbons (Fsp3) is 0.400. The highest BCUT2D eigenvalue weighted by molar-refractivity contribution is 9.09. The van der Waals surface area contributed by atoms with Crippen LogP contribution >= 0.6 is 15.9 Å². The fourth-order valence-electron chi connectivity index (χ4n) is 1.49. The standard InChI is InChI=1S/C10H11BrN2O2/c11-5-4-8-7-13(10(14)15-8)9-3-1-2-6-12-9/h1-3,6,8H,4-5,7H2. The number of anilines is 1. The number of ether oxygens (including phenoxy) is 1. The van der Waals surface area contributed by atoms with Crippen LogP contribution in [0.5, 0.6) is 0 Å². The van der Waals surface area contributed by atoms with Crippen LogP contribution < -0.4 is 4.90 Å². The molecule has 2 rings (SSSR count). The summed E-state index contributed by atoms with van der Waals surface area (Å²) in [6.07, 6.45) is 2.16. The van der Waals surface area contributed by atoms with Gasteiger partial charge in [0.05, 0.1) is 6.54 Å². The predicted octanol–water partition coefficient (Wildman–Crippen LogP) is 2.19. The summed E-state index contributed by atoms with van der Waals surface area (Å²) in [7, 11) is 0. The van der Waals surface area contributed by atoms with E-state index in [0.29, 0.717) is 12.4 Å². The molecule has 5 heteroatoms. The fourth-order valence-corrected chi connectivity index (χ4v) is 2.00. The summed E-state index contributed by atoms with van der Waals surface area (Å²) >= 11 is 3.33. The molecule has 0 aliphatic carbocycles. The van der Waals surface area contributed by atoms with Gasteiger partial charge in [-0.1, -0.05) is 22.0 Å². The van der Waals surface area contributed by atoms with Crippen LogP contribution in [0.3, 0.4) is 0 Å². The molecule has 1 aliphatic rings. The van der Waals surface area contributed by atoms with E-state index in [1.165, 1.54) is 0 Å². The quantitative estimate of drug-likeness (QED) is 0.791. The molecule has 0 radical (unpaired) electrons. The first kappa shape index (κ1) is 10.4. The van der Waals surface area contributed by atoms with Crippen molar-refractivity contribution in [2.75, 3.05) is 16.8 Å². The molecule has 0 N–H and O–H groups in total. The van der Waals surface area contributed by atoms with Crippen molar-refractivity contribution in [2.45, 2.75) is 12.5 Å². The van der Waals surface area contributed by atoms with Gasteiger partial charge in [-0.25, -0.2) is 9.78 Å². The number of amides is 1. The lowest BCUT2D eigenvalue weighted by molar-refractivity contribution is 0.140. The second-order valence-corrected chi connectivity index (χ2v) is 4.07. The summed E-state index contributed by atoms with van der Waals surface area (Å²) in [5.74, 6) is 0.652. The number of pyridine rings is 1.